The van der Waals surface area contributed by atoms with Gasteiger partial charge in [0.2, 0.25) is 0 Å². The molecule has 2 spiro atoms. The Labute approximate surface area is 134 Å². The largest absolute Gasteiger partial charge is 0.352 e. The molecule has 0 unspecified atom stereocenters. The minimum absolute atomic E-state index is 0.0199. The predicted molar refractivity (Wildman–Crippen MR) is 86.7 cm³/mol. The van der Waals surface area contributed by atoms with Gasteiger partial charge in [0.1, 0.15) is 5.72 Å². The number of urea groups is 1. The third-order valence-corrected chi connectivity index (χ3v) is 5.71. The highest BCUT2D eigenvalue weighted by molar-refractivity contribution is 5.74. The molecular weight excluding hydrogens is 278 g/mol. The number of rotatable bonds is 2. The first kappa shape index (κ1) is 16.1. The lowest BCUT2D eigenvalue weighted by atomic mass is 9.91. The van der Waals surface area contributed by atoms with Crippen molar-refractivity contribution in [3.63, 3.8) is 0 Å². The predicted octanol–water partition coefficient (Wildman–Crippen LogP) is 2.51. The van der Waals surface area contributed by atoms with Crippen molar-refractivity contribution in [3.05, 3.63) is 0 Å². The van der Waals surface area contributed by atoms with Gasteiger partial charge in [-0.15, -0.1) is 0 Å². The van der Waals surface area contributed by atoms with Gasteiger partial charge >= 0.3 is 6.03 Å². The van der Waals surface area contributed by atoms with Gasteiger partial charge in [-0.25, -0.2) is 4.79 Å². The van der Waals surface area contributed by atoms with E-state index in [4.69, 9.17) is 4.74 Å². The lowest BCUT2D eigenvalue weighted by Crippen LogP contribution is -2.52. The maximum atomic E-state index is 12.5. The van der Waals surface area contributed by atoms with E-state index in [2.05, 4.69) is 32.6 Å². The summed E-state index contributed by atoms with van der Waals surface area (Å²) in [6.45, 7) is 11.3. The van der Waals surface area contributed by atoms with Gasteiger partial charge in [0.05, 0.1) is 5.60 Å². The van der Waals surface area contributed by atoms with E-state index in [-0.39, 0.29) is 23.4 Å². The van der Waals surface area contributed by atoms with E-state index in [1.54, 1.807) is 0 Å². The lowest BCUT2D eigenvalue weighted by Gasteiger charge is -2.40. The van der Waals surface area contributed by atoms with Gasteiger partial charge in [-0.3, -0.25) is 4.90 Å². The van der Waals surface area contributed by atoms with Crippen LogP contribution < -0.4 is 0 Å². The Bertz CT molecular complexity index is 437. The molecule has 0 N–H and O–H groups in total. The molecule has 2 amide bonds. The van der Waals surface area contributed by atoms with Gasteiger partial charge in [0.15, 0.2) is 0 Å². The first-order valence-corrected chi connectivity index (χ1v) is 8.77. The molecular formula is C17H31N3O2. The van der Waals surface area contributed by atoms with Crippen LogP contribution in [-0.4, -0.2) is 70.8 Å². The fraction of sp³-hybridized carbons (Fsp3) is 0.941. The van der Waals surface area contributed by atoms with Crippen LogP contribution in [0.3, 0.4) is 0 Å². The zero-order chi connectivity index (χ0) is 16.1. The molecule has 0 aromatic carbocycles. The van der Waals surface area contributed by atoms with Crippen LogP contribution in [0, 0.1) is 0 Å². The maximum Gasteiger partial charge on any atom is 0.319 e. The van der Waals surface area contributed by atoms with Gasteiger partial charge in [0, 0.05) is 38.8 Å². The topological polar surface area (TPSA) is 36.0 Å². The second-order valence-corrected chi connectivity index (χ2v) is 7.93. The normalized spacial score (nSPS) is 26.4. The van der Waals surface area contributed by atoms with Gasteiger partial charge in [-0.2, -0.15) is 0 Å². The Morgan fingerprint density at radius 1 is 1.09 bits per heavy atom. The van der Waals surface area contributed by atoms with Gasteiger partial charge < -0.3 is 14.5 Å². The molecule has 0 radical (unpaired) electrons. The SMILES string of the molecule is CC(C)N(C)C(=O)N1CCC2(CC1)CN(C(C)C)C1(CC1)O2. The molecule has 0 bridgehead atoms. The number of likely N-dealkylation sites (tertiary alicyclic amines) is 1. The van der Waals surface area contributed by atoms with E-state index < -0.39 is 0 Å². The highest BCUT2D eigenvalue weighted by atomic mass is 16.6. The molecule has 5 heteroatoms. The minimum Gasteiger partial charge on any atom is -0.352 e. The molecule has 2 heterocycles. The second-order valence-electron chi connectivity index (χ2n) is 7.93. The van der Waals surface area contributed by atoms with Gasteiger partial charge in [-0.1, -0.05) is 0 Å². The number of carbonyl (C=O) groups is 1. The number of hydrogen-bond acceptors (Lipinski definition) is 3. The second kappa shape index (κ2) is 5.38. The van der Waals surface area contributed by atoms with Crippen LogP contribution in [-0.2, 0) is 4.74 Å². The Balaban J connectivity index is 1.62. The molecule has 0 atom stereocenters. The fourth-order valence-electron chi connectivity index (χ4n) is 3.91. The number of nitrogens with zero attached hydrogens (tertiary/aromatic N) is 3. The first-order valence-electron chi connectivity index (χ1n) is 8.77. The molecule has 0 aromatic heterocycles. The zero-order valence-corrected chi connectivity index (χ0v) is 14.8. The van der Waals surface area contributed by atoms with E-state index >= 15 is 0 Å². The van der Waals surface area contributed by atoms with Gasteiger partial charge in [0.25, 0.3) is 0 Å². The summed E-state index contributed by atoms with van der Waals surface area (Å²) in [4.78, 5) is 18.8. The van der Waals surface area contributed by atoms with E-state index in [9.17, 15) is 4.79 Å². The van der Waals surface area contributed by atoms with Crippen molar-refractivity contribution in [1.29, 1.82) is 0 Å². The van der Waals surface area contributed by atoms with Crippen molar-refractivity contribution in [2.24, 2.45) is 0 Å². The van der Waals surface area contributed by atoms with E-state index in [1.165, 1.54) is 12.8 Å². The molecule has 5 nitrogen and oxygen atoms in total. The number of amides is 2. The van der Waals surface area contributed by atoms with Crippen LogP contribution in [0.1, 0.15) is 53.4 Å². The molecule has 2 aliphatic heterocycles. The molecule has 2 saturated heterocycles. The summed E-state index contributed by atoms with van der Waals surface area (Å²) >= 11 is 0. The molecule has 22 heavy (non-hydrogen) atoms. The van der Waals surface area contributed by atoms with E-state index in [1.807, 2.05) is 16.8 Å². The summed E-state index contributed by atoms with van der Waals surface area (Å²) < 4.78 is 6.57. The number of carbonyl (C=O) groups excluding carboxylic acids is 1. The Kier molecular flexibility index (Phi) is 3.92. The average molecular weight is 309 g/mol. The highest BCUT2D eigenvalue weighted by Crippen LogP contribution is 2.54. The number of hydrogen-bond donors (Lipinski definition) is 0. The number of ether oxygens (including phenoxy) is 1. The van der Waals surface area contributed by atoms with Crippen molar-refractivity contribution >= 4 is 6.03 Å². The highest BCUT2D eigenvalue weighted by Gasteiger charge is 2.62. The Hall–Kier alpha value is -0.810. The third-order valence-electron chi connectivity index (χ3n) is 5.71. The standard InChI is InChI=1S/C17H31N3O2/c1-13(2)18(5)15(21)19-10-8-16(9-11-19)12-20(14(3)4)17(22-16)6-7-17/h13-14H,6-12H2,1-5H3. The third kappa shape index (κ3) is 2.62. The quantitative estimate of drug-likeness (QED) is 0.786. The maximum absolute atomic E-state index is 12.5. The summed E-state index contributed by atoms with van der Waals surface area (Å²) in [7, 11) is 1.89. The zero-order valence-electron chi connectivity index (χ0n) is 14.8. The van der Waals surface area contributed by atoms with Crippen molar-refractivity contribution in [2.45, 2.75) is 76.8 Å². The lowest BCUT2D eigenvalue weighted by molar-refractivity contribution is -0.0998. The van der Waals surface area contributed by atoms with Crippen LogP contribution in [0.25, 0.3) is 0 Å². The summed E-state index contributed by atoms with van der Waals surface area (Å²) in [6.07, 6.45) is 4.28. The smallest absolute Gasteiger partial charge is 0.319 e. The first-order chi connectivity index (χ1) is 10.3. The molecule has 3 fully saturated rings. The van der Waals surface area contributed by atoms with Crippen LogP contribution in [0.2, 0.25) is 0 Å². The van der Waals surface area contributed by atoms with Crippen molar-refractivity contribution in [2.75, 3.05) is 26.7 Å². The van der Waals surface area contributed by atoms with Crippen molar-refractivity contribution in [3.8, 4) is 0 Å². The van der Waals surface area contributed by atoms with Crippen molar-refractivity contribution in [1.82, 2.24) is 14.7 Å². The molecule has 1 saturated carbocycles. The van der Waals surface area contributed by atoms with Crippen LogP contribution >= 0.6 is 0 Å². The molecule has 1 aliphatic carbocycles. The number of piperidine rings is 1. The summed E-state index contributed by atoms with van der Waals surface area (Å²) in [5, 5.41) is 0. The fourth-order valence-corrected chi connectivity index (χ4v) is 3.91. The van der Waals surface area contributed by atoms with Crippen molar-refractivity contribution < 1.29 is 9.53 Å². The molecule has 3 rings (SSSR count). The molecule has 126 valence electrons. The van der Waals surface area contributed by atoms with Crippen LogP contribution in [0.15, 0.2) is 0 Å². The Morgan fingerprint density at radius 3 is 2.09 bits per heavy atom. The van der Waals surface area contributed by atoms with Crippen LogP contribution in [0.4, 0.5) is 4.79 Å². The van der Waals surface area contributed by atoms with E-state index in [0.29, 0.717) is 6.04 Å². The summed E-state index contributed by atoms with van der Waals surface area (Å²) in [6, 6.07) is 0.940. The minimum atomic E-state index is -0.0199. The molecule has 3 aliphatic rings. The summed E-state index contributed by atoms with van der Waals surface area (Å²) in [5.74, 6) is 0. The monoisotopic (exact) mass is 309 g/mol. The average Bonchev–Trinajstić information content (AvgIpc) is 3.15. The van der Waals surface area contributed by atoms with Gasteiger partial charge in [-0.05, 0) is 53.4 Å². The Morgan fingerprint density at radius 2 is 1.68 bits per heavy atom. The molecule has 0 aromatic rings. The van der Waals surface area contributed by atoms with Crippen LogP contribution in [0.5, 0.6) is 0 Å². The summed E-state index contributed by atoms with van der Waals surface area (Å²) in [5.41, 5.74) is 0.0169. The van der Waals surface area contributed by atoms with E-state index in [0.717, 1.165) is 32.5 Å².